The van der Waals surface area contributed by atoms with Crippen molar-refractivity contribution in [1.29, 1.82) is 0 Å². The fraction of sp³-hybridized carbons (Fsp3) is 0.300. The molecule has 36 heavy (non-hydrogen) atoms. The van der Waals surface area contributed by atoms with Gasteiger partial charge in [0.2, 0.25) is 0 Å². The van der Waals surface area contributed by atoms with E-state index in [2.05, 4.69) is 36.2 Å². The van der Waals surface area contributed by atoms with E-state index in [1.807, 2.05) is 26.0 Å². The molecule has 0 saturated carbocycles. The number of aryl methyl sites for hydroxylation is 1. The number of hydrogen-bond donors (Lipinski definition) is 1. The lowest BCUT2D eigenvalue weighted by Gasteiger charge is -2.31. The largest absolute Gasteiger partial charge is 0.329 e. The highest BCUT2D eigenvalue weighted by Crippen LogP contribution is 2.22. The second-order valence-electron chi connectivity index (χ2n) is 8.38. The van der Waals surface area contributed by atoms with Crippen molar-refractivity contribution in [2.45, 2.75) is 46.6 Å². The van der Waals surface area contributed by atoms with Gasteiger partial charge in [-0.15, -0.1) is 0 Å². The maximum atomic E-state index is 13.2. The number of rotatable bonds is 9. The minimum atomic E-state index is -0.396. The zero-order valence-corrected chi connectivity index (χ0v) is 21.6. The number of Topliss-reactive ketones (excluding diaryl/α,β-unsaturated/α-hetero) is 1. The molecule has 0 spiro atoms. The number of benzene rings is 3. The highest BCUT2D eigenvalue weighted by molar-refractivity contribution is 6.02. The average molecular weight is 490 g/mol. The van der Waals surface area contributed by atoms with Crippen LogP contribution < -0.4 is 5.73 Å². The SMILES string of the molecule is CCC(C(C)=Nc1ccccc1C(C)=O)N(CCN)C(=O)c1ccc(F)cc1.CCc1ccccc1. The number of carbonyl (C=O) groups excluding carboxylic acids is 2. The fourth-order valence-electron chi connectivity index (χ4n) is 3.88. The summed E-state index contributed by atoms with van der Waals surface area (Å²) in [4.78, 5) is 31.2. The third-order valence-electron chi connectivity index (χ3n) is 5.80. The summed E-state index contributed by atoms with van der Waals surface area (Å²) in [6.07, 6.45) is 1.77. The molecule has 0 bridgehead atoms. The second kappa shape index (κ2) is 14.7. The van der Waals surface area contributed by atoms with Gasteiger partial charge in [-0.1, -0.05) is 56.3 Å². The summed E-state index contributed by atoms with van der Waals surface area (Å²) in [5, 5.41) is 0. The molecule has 6 heteroatoms. The Balaban J connectivity index is 0.000000482. The van der Waals surface area contributed by atoms with Gasteiger partial charge in [0.15, 0.2) is 5.78 Å². The van der Waals surface area contributed by atoms with Crippen LogP contribution in [0.3, 0.4) is 0 Å². The van der Waals surface area contributed by atoms with Crippen molar-refractivity contribution in [3.63, 3.8) is 0 Å². The Kier molecular flexibility index (Phi) is 11.7. The predicted molar refractivity (Wildman–Crippen MR) is 146 cm³/mol. The molecule has 0 aliphatic carbocycles. The zero-order valence-electron chi connectivity index (χ0n) is 21.6. The van der Waals surface area contributed by atoms with Crippen LogP contribution in [-0.4, -0.2) is 41.4 Å². The number of carbonyl (C=O) groups is 2. The van der Waals surface area contributed by atoms with Gasteiger partial charge in [-0.2, -0.15) is 0 Å². The van der Waals surface area contributed by atoms with E-state index in [4.69, 9.17) is 5.73 Å². The van der Waals surface area contributed by atoms with E-state index in [1.165, 1.54) is 36.8 Å². The van der Waals surface area contributed by atoms with Crippen LogP contribution in [0.5, 0.6) is 0 Å². The molecular weight excluding hydrogens is 453 g/mol. The zero-order chi connectivity index (χ0) is 26.5. The molecule has 3 aromatic carbocycles. The van der Waals surface area contributed by atoms with E-state index < -0.39 is 5.82 Å². The molecule has 5 nitrogen and oxygen atoms in total. The molecule has 3 rings (SSSR count). The Bertz CT molecular complexity index is 1140. The van der Waals surface area contributed by atoms with Crippen LogP contribution in [-0.2, 0) is 6.42 Å². The van der Waals surface area contributed by atoms with E-state index in [0.717, 1.165) is 6.42 Å². The highest BCUT2D eigenvalue weighted by Gasteiger charge is 2.25. The Labute approximate surface area is 213 Å². The van der Waals surface area contributed by atoms with Gasteiger partial charge in [-0.25, -0.2) is 4.39 Å². The van der Waals surface area contributed by atoms with Crippen molar-refractivity contribution >= 4 is 23.1 Å². The molecule has 1 unspecified atom stereocenters. The van der Waals surface area contributed by atoms with E-state index in [1.54, 1.807) is 23.1 Å². The number of halogens is 1. The smallest absolute Gasteiger partial charge is 0.254 e. The number of ketones is 1. The first-order chi connectivity index (χ1) is 17.3. The molecule has 2 N–H and O–H groups in total. The predicted octanol–water partition coefficient (Wildman–Crippen LogP) is 6.25. The first-order valence-corrected chi connectivity index (χ1v) is 12.3. The van der Waals surface area contributed by atoms with Crippen LogP contribution in [0.25, 0.3) is 0 Å². The molecule has 1 amide bonds. The summed E-state index contributed by atoms with van der Waals surface area (Å²) < 4.78 is 13.2. The van der Waals surface area contributed by atoms with Gasteiger partial charge in [0.25, 0.3) is 5.91 Å². The van der Waals surface area contributed by atoms with Crippen molar-refractivity contribution in [2.75, 3.05) is 13.1 Å². The number of nitrogens with zero attached hydrogens (tertiary/aromatic N) is 2. The highest BCUT2D eigenvalue weighted by atomic mass is 19.1. The lowest BCUT2D eigenvalue weighted by Crippen LogP contribution is -2.46. The molecule has 0 radical (unpaired) electrons. The molecule has 0 fully saturated rings. The van der Waals surface area contributed by atoms with Crippen molar-refractivity contribution in [2.24, 2.45) is 10.7 Å². The molecule has 0 saturated heterocycles. The average Bonchev–Trinajstić information content (AvgIpc) is 2.89. The van der Waals surface area contributed by atoms with Gasteiger partial charge in [-0.3, -0.25) is 14.6 Å². The van der Waals surface area contributed by atoms with Gasteiger partial charge < -0.3 is 10.6 Å². The topological polar surface area (TPSA) is 75.8 Å². The van der Waals surface area contributed by atoms with Gasteiger partial charge in [0.05, 0.1) is 11.7 Å². The lowest BCUT2D eigenvalue weighted by molar-refractivity contribution is 0.0727. The first kappa shape index (κ1) is 28.6. The van der Waals surface area contributed by atoms with Gasteiger partial charge in [-0.05, 0) is 68.7 Å². The van der Waals surface area contributed by atoms with Crippen molar-refractivity contribution in [3.8, 4) is 0 Å². The van der Waals surface area contributed by atoms with Gasteiger partial charge >= 0.3 is 0 Å². The Morgan fingerprint density at radius 1 is 0.917 bits per heavy atom. The lowest BCUT2D eigenvalue weighted by atomic mass is 10.0. The van der Waals surface area contributed by atoms with Crippen LogP contribution in [0.2, 0.25) is 0 Å². The maximum absolute atomic E-state index is 13.2. The van der Waals surface area contributed by atoms with Crippen molar-refractivity contribution < 1.29 is 14.0 Å². The van der Waals surface area contributed by atoms with Crippen molar-refractivity contribution in [3.05, 3.63) is 101 Å². The molecule has 0 aliphatic heterocycles. The molecular formula is C30H36FN3O2. The summed E-state index contributed by atoms with van der Waals surface area (Å²) in [6.45, 7) is 8.10. The Hall–Kier alpha value is -3.64. The van der Waals surface area contributed by atoms with Crippen LogP contribution in [0.15, 0.2) is 83.9 Å². The van der Waals surface area contributed by atoms with Crippen LogP contribution in [0.1, 0.15) is 60.4 Å². The van der Waals surface area contributed by atoms with Gasteiger partial charge in [0, 0.05) is 29.9 Å². The minimum absolute atomic E-state index is 0.0681. The van der Waals surface area contributed by atoms with Crippen LogP contribution in [0, 0.1) is 5.82 Å². The maximum Gasteiger partial charge on any atom is 0.254 e. The summed E-state index contributed by atoms with van der Waals surface area (Å²) in [5.74, 6) is -0.694. The van der Waals surface area contributed by atoms with Crippen molar-refractivity contribution in [1.82, 2.24) is 4.90 Å². The third-order valence-corrected chi connectivity index (χ3v) is 5.80. The molecule has 3 aromatic rings. The van der Waals surface area contributed by atoms with E-state index in [-0.39, 0.29) is 17.7 Å². The van der Waals surface area contributed by atoms with Crippen LogP contribution >= 0.6 is 0 Å². The number of hydrogen-bond acceptors (Lipinski definition) is 4. The molecule has 0 aliphatic rings. The first-order valence-electron chi connectivity index (χ1n) is 12.3. The summed E-state index contributed by atoms with van der Waals surface area (Å²) in [7, 11) is 0. The standard InChI is InChI=1S/C22H26FN3O2.C8H10/c1-4-21(15(2)25-20-8-6-5-7-19(20)16(3)27)26(14-13-24)22(28)17-9-11-18(23)12-10-17;1-2-8-6-4-3-5-7-8/h5-12,21H,4,13-14,24H2,1-3H3;3-7H,2H2,1H3. The molecule has 0 aromatic heterocycles. The summed E-state index contributed by atoms with van der Waals surface area (Å²) in [6, 6.07) is 22.7. The van der Waals surface area contributed by atoms with E-state index >= 15 is 0 Å². The molecule has 1 atom stereocenters. The normalized spacial score (nSPS) is 11.8. The Morgan fingerprint density at radius 2 is 1.53 bits per heavy atom. The minimum Gasteiger partial charge on any atom is -0.329 e. The quantitative estimate of drug-likeness (QED) is 0.285. The van der Waals surface area contributed by atoms with E-state index in [9.17, 15) is 14.0 Å². The number of nitrogens with two attached hydrogens (primary N) is 1. The number of amides is 1. The monoisotopic (exact) mass is 489 g/mol. The molecule has 0 heterocycles. The third kappa shape index (κ3) is 8.24. The second-order valence-corrected chi connectivity index (χ2v) is 8.38. The van der Waals surface area contributed by atoms with E-state index in [0.29, 0.717) is 42.0 Å². The van der Waals surface area contributed by atoms with Crippen LogP contribution in [0.4, 0.5) is 10.1 Å². The Morgan fingerprint density at radius 3 is 2.06 bits per heavy atom. The molecule has 190 valence electrons. The summed E-state index contributed by atoms with van der Waals surface area (Å²) in [5.41, 5.74) is 9.36. The number of aliphatic imine (C=N–C) groups is 1. The number of para-hydroxylation sites is 1. The summed E-state index contributed by atoms with van der Waals surface area (Å²) >= 11 is 0. The fourth-order valence-corrected chi connectivity index (χ4v) is 3.88. The van der Waals surface area contributed by atoms with Gasteiger partial charge in [0.1, 0.15) is 5.82 Å².